The minimum atomic E-state index is -0.504. The number of carbonyl (C=O) groups is 1. The lowest BCUT2D eigenvalue weighted by molar-refractivity contribution is -0.141. The first-order valence-corrected chi connectivity index (χ1v) is 8.64. The van der Waals surface area contributed by atoms with Gasteiger partial charge in [-0.2, -0.15) is 16.9 Å². The molecule has 0 aliphatic carbocycles. The van der Waals surface area contributed by atoms with Crippen molar-refractivity contribution in [3.63, 3.8) is 0 Å². The van der Waals surface area contributed by atoms with E-state index in [4.69, 9.17) is 0 Å². The number of carbonyl (C=O) groups excluding carboxylic acids is 1. The zero-order valence-electron chi connectivity index (χ0n) is 11.8. The van der Waals surface area contributed by atoms with Crippen molar-refractivity contribution in [2.45, 2.75) is 31.1 Å². The Bertz CT molecular complexity index is 558. The summed E-state index contributed by atoms with van der Waals surface area (Å²) < 4.78 is 6.00. The highest BCUT2D eigenvalue weighted by atomic mass is 79.9. The predicted molar refractivity (Wildman–Crippen MR) is 86.8 cm³/mol. The van der Waals surface area contributed by atoms with Crippen LogP contribution in [0.25, 0.3) is 0 Å². The van der Waals surface area contributed by atoms with Crippen molar-refractivity contribution in [3.8, 4) is 0 Å². The molecule has 1 N–H and O–H groups in total. The van der Waals surface area contributed by atoms with E-state index in [0.29, 0.717) is 15.4 Å². The van der Waals surface area contributed by atoms with Crippen LogP contribution in [0, 0.1) is 0 Å². The van der Waals surface area contributed by atoms with Gasteiger partial charge in [0.25, 0.3) is 5.56 Å². The van der Waals surface area contributed by atoms with E-state index in [-0.39, 0.29) is 12.1 Å². The molecule has 0 spiro atoms. The van der Waals surface area contributed by atoms with Crippen LogP contribution in [0.1, 0.15) is 19.3 Å². The summed E-state index contributed by atoms with van der Waals surface area (Å²) in [4.78, 5) is 23.3. The minimum Gasteiger partial charge on any atom is -0.468 e. The Morgan fingerprint density at radius 2 is 2.43 bits per heavy atom. The van der Waals surface area contributed by atoms with Gasteiger partial charge in [0.2, 0.25) is 0 Å². The SMILES string of the molecule is COC(=O)Cn1ncc(NCC2CCCCS2)c(Br)c1=O. The Hall–Kier alpha value is -1.02. The van der Waals surface area contributed by atoms with Gasteiger partial charge in [-0.05, 0) is 34.5 Å². The smallest absolute Gasteiger partial charge is 0.327 e. The molecule has 21 heavy (non-hydrogen) atoms. The third kappa shape index (κ3) is 4.47. The second-order valence-electron chi connectivity index (χ2n) is 4.78. The normalized spacial score (nSPS) is 18.3. The molecule has 1 aromatic heterocycles. The second-order valence-corrected chi connectivity index (χ2v) is 6.98. The molecular formula is C13H18BrN3O3S. The number of rotatable bonds is 5. The number of nitrogens with one attached hydrogen (secondary N) is 1. The molecule has 1 atom stereocenters. The molecule has 1 aromatic rings. The fourth-order valence-electron chi connectivity index (χ4n) is 2.08. The summed E-state index contributed by atoms with van der Waals surface area (Å²) in [6.45, 7) is 0.623. The lowest BCUT2D eigenvalue weighted by Gasteiger charge is -2.22. The first kappa shape index (κ1) is 16.4. The molecule has 1 aliphatic rings. The Balaban J connectivity index is 2.02. The van der Waals surface area contributed by atoms with Gasteiger partial charge >= 0.3 is 5.97 Å². The zero-order chi connectivity index (χ0) is 15.2. The van der Waals surface area contributed by atoms with Crippen LogP contribution in [0.3, 0.4) is 0 Å². The topological polar surface area (TPSA) is 73.2 Å². The molecule has 0 saturated carbocycles. The number of esters is 1. The van der Waals surface area contributed by atoms with E-state index in [9.17, 15) is 9.59 Å². The fourth-order valence-corrected chi connectivity index (χ4v) is 3.77. The Kier molecular flexibility index (Phi) is 6.10. The highest BCUT2D eigenvalue weighted by molar-refractivity contribution is 9.10. The van der Waals surface area contributed by atoms with Crippen LogP contribution in [0.4, 0.5) is 5.69 Å². The van der Waals surface area contributed by atoms with Crippen molar-refractivity contribution < 1.29 is 9.53 Å². The van der Waals surface area contributed by atoms with E-state index < -0.39 is 5.97 Å². The fraction of sp³-hybridized carbons (Fsp3) is 0.615. The van der Waals surface area contributed by atoms with Gasteiger partial charge in [-0.15, -0.1) is 0 Å². The van der Waals surface area contributed by atoms with Gasteiger partial charge in [-0.1, -0.05) is 6.42 Å². The number of thioether (sulfide) groups is 1. The Morgan fingerprint density at radius 1 is 1.62 bits per heavy atom. The highest BCUT2D eigenvalue weighted by Gasteiger charge is 2.16. The van der Waals surface area contributed by atoms with Gasteiger partial charge in [0.1, 0.15) is 11.0 Å². The molecule has 1 aliphatic heterocycles. The van der Waals surface area contributed by atoms with E-state index in [2.05, 4.69) is 31.1 Å². The first-order chi connectivity index (χ1) is 10.1. The maximum atomic E-state index is 12.1. The first-order valence-electron chi connectivity index (χ1n) is 6.79. The number of anilines is 1. The molecule has 1 fully saturated rings. The maximum Gasteiger partial charge on any atom is 0.327 e. The largest absolute Gasteiger partial charge is 0.468 e. The third-order valence-corrected chi connectivity index (χ3v) is 5.45. The molecule has 8 heteroatoms. The maximum absolute atomic E-state index is 12.1. The monoisotopic (exact) mass is 375 g/mol. The van der Waals surface area contributed by atoms with E-state index >= 15 is 0 Å². The number of methoxy groups -OCH3 is 1. The zero-order valence-corrected chi connectivity index (χ0v) is 14.2. The van der Waals surface area contributed by atoms with Crippen LogP contribution < -0.4 is 10.9 Å². The van der Waals surface area contributed by atoms with E-state index in [1.54, 1.807) is 6.20 Å². The minimum absolute atomic E-state index is 0.188. The van der Waals surface area contributed by atoms with Gasteiger partial charge in [0.15, 0.2) is 0 Å². The van der Waals surface area contributed by atoms with Crippen molar-refractivity contribution in [2.24, 2.45) is 0 Å². The Morgan fingerprint density at radius 3 is 3.10 bits per heavy atom. The van der Waals surface area contributed by atoms with Gasteiger partial charge in [0, 0.05) is 11.8 Å². The molecule has 0 radical (unpaired) electrons. The van der Waals surface area contributed by atoms with Crippen LogP contribution in [-0.2, 0) is 16.1 Å². The molecule has 2 rings (SSSR count). The van der Waals surface area contributed by atoms with Crippen LogP contribution in [0.15, 0.2) is 15.5 Å². The quantitative estimate of drug-likeness (QED) is 0.792. The second kappa shape index (κ2) is 7.84. The van der Waals surface area contributed by atoms with E-state index in [1.807, 2.05) is 11.8 Å². The van der Waals surface area contributed by atoms with Crippen molar-refractivity contribution in [1.82, 2.24) is 9.78 Å². The summed E-state index contributed by atoms with van der Waals surface area (Å²) in [6, 6.07) is 0. The van der Waals surface area contributed by atoms with E-state index in [1.165, 1.54) is 32.1 Å². The molecule has 0 aromatic carbocycles. The lowest BCUT2D eigenvalue weighted by atomic mass is 10.2. The van der Waals surface area contributed by atoms with Crippen LogP contribution in [-0.4, -0.2) is 40.4 Å². The number of hydrogen-bond donors (Lipinski definition) is 1. The van der Waals surface area contributed by atoms with Gasteiger partial charge in [-0.25, -0.2) is 4.68 Å². The summed E-state index contributed by atoms with van der Waals surface area (Å²) >= 11 is 5.24. The molecule has 2 heterocycles. The third-order valence-electron chi connectivity index (χ3n) is 3.29. The van der Waals surface area contributed by atoms with Gasteiger partial charge < -0.3 is 10.1 Å². The van der Waals surface area contributed by atoms with Gasteiger partial charge in [0.05, 0.1) is 19.0 Å². The summed E-state index contributed by atoms with van der Waals surface area (Å²) in [5.41, 5.74) is 0.314. The van der Waals surface area contributed by atoms with E-state index in [0.717, 1.165) is 11.2 Å². The van der Waals surface area contributed by atoms with Crippen molar-refractivity contribution >= 4 is 39.3 Å². The molecule has 1 unspecified atom stereocenters. The number of ether oxygens (including phenoxy) is 1. The number of hydrogen-bond acceptors (Lipinski definition) is 6. The van der Waals surface area contributed by atoms with Gasteiger partial charge in [-0.3, -0.25) is 9.59 Å². The average Bonchev–Trinajstić information content (AvgIpc) is 2.52. The summed E-state index contributed by atoms with van der Waals surface area (Å²) in [7, 11) is 1.28. The average molecular weight is 376 g/mol. The molecule has 6 nitrogen and oxygen atoms in total. The summed E-state index contributed by atoms with van der Waals surface area (Å²) in [6.07, 6.45) is 5.31. The van der Waals surface area contributed by atoms with Crippen molar-refractivity contribution in [1.29, 1.82) is 0 Å². The lowest BCUT2D eigenvalue weighted by Crippen LogP contribution is -2.29. The molecule has 1 saturated heterocycles. The predicted octanol–water partition coefficient (Wildman–Crippen LogP) is 1.88. The number of nitrogens with zero attached hydrogens (tertiary/aromatic N) is 2. The highest BCUT2D eigenvalue weighted by Crippen LogP contribution is 2.26. The molecule has 0 bridgehead atoms. The van der Waals surface area contributed by atoms with Crippen LogP contribution >= 0.6 is 27.7 Å². The van der Waals surface area contributed by atoms with Crippen molar-refractivity contribution in [3.05, 3.63) is 21.0 Å². The summed E-state index contributed by atoms with van der Waals surface area (Å²) in [5, 5.41) is 7.83. The number of aromatic nitrogens is 2. The Labute approximate surface area is 135 Å². The van der Waals surface area contributed by atoms with Crippen LogP contribution in [0.2, 0.25) is 0 Å². The standard InChI is InChI=1S/C13H18BrN3O3S/c1-20-11(18)8-17-13(19)12(14)10(7-16-17)15-6-9-4-2-3-5-21-9/h7,9,15H,2-6,8H2,1H3. The molecule has 0 amide bonds. The molecule has 116 valence electrons. The van der Waals surface area contributed by atoms with Crippen molar-refractivity contribution in [2.75, 3.05) is 24.7 Å². The summed E-state index contributed by atoms with van der Waals surface area (Å²) in [5.74, 6) is 0.697. The molecular weight excluding hydrogens is 358 g/mol. The van der Waals surface area contributed by atoms with Crippen LogP contribution in [0.5, 0.6) is 0 Å². The number of halogens is 1.